The van der Waals surface area contributed by atoms with E-state index in [0.29, 0.717) is 0 Å². The second-order valence-corrected chi connectivity index (χ2v) is 7.68. The normalized spacial score (nSPS) is 26.3. The van der Waals surface area contributed by atoms with Gasteiger partial charge in [0, 0.05) is 19.6 Å². The highest BCUT2D eigenvalue weighted by atomic mass is 16.6. The predicted octanol–water partition coefficient (Wildman–Crippen LogP) is 0.206. The van der Waals surface area contributed by atoms with Crippen LogP contribution in [0.25, 0.3) is 0 Å². The van der Waals surface area contributed by atoms with Crippen LogP contribution in [0.5, 0.6) is 0 Å². The molecule has 1 N–H and O–H groups in total. The molecule has 11 heteroatoms. The van der Waals surface area contributed by atoms with Gasteiger partial charge in [-0.3, -0.25) is 4.79 Å². The number of ether oxygens (including phenoxy) is 2. The minimum atomic E-state index is -1.13. The summed E-state index contributed by atoms with van der Waals surface area (Å²) in [5.74, 6) is -0.495. The van der Waals surface area contributed by atoms with Gasteiger partial charge in [-0.25, -0.2) is 19.3 Å². The first-order chi connectivity index (χ1) is 12.6. The predicted molar refractivity (Wildman–Crippen MR) is 89.9 cm³/mol. The first-order valence-corrected chi connectivity index (χ1v) is 8.79. The molecule has 2 unspecified atom stereocenters. The van der Waals surface area contributed by atoms with Crippen molar-refractivity contribution in [1.82, 2.24) is 19.6 Å². The van der Waals surface area contributed by atoms with Gasteiger partial charge in [0.15, 0.2) is 6.23 Å². The van der Waals surface area contributed by atoms with E-state index in [1.54, 1.807) is 20.8 Å². The summed E-state index contributed by atoms with van der Waals surface area (Å²) in [5.41, 5.74) is -0.661. The number of fused-ring (bicyclic) bond motifs is 1. The molecule has 0 aromatic rings. The molecular formula is C16H24N4O7. The van der Waals surface area contributed by atoms with Gasteiger partial charge in [0.1, 0.15) is 11.6 Å². The van der Waals surface area contributed by atoms with Crippen molar-refractivity contribution in [3.63, 3.8) is 0 Å². The van der Waals surface area contributed by atoms with Gasteiger partial charge in [-0.2, -0.15) is 0 Å². The number of carbonyl (C=O) groups excluding carboxylic acids is 3. The van der Waals surface area contributed by atoms with Crippen LogP contribution in [0.3, 0.4) is 0 Å². The molecule has 3 aliphatic heterocycles. The molecule has 0 aromatic heterocycles. The molecule has 2 atom stereocenters. The third kappa shape index (κ3) is 3.77. The zero-order valence-electron chi connectivity index (χ0n) is 15.6. The monoisotopic (exact) mass is 384 g/mol. The quantitative estimate of drug-likeness (QED) is 0.642. The van der Waals surface area contributed by atoms with Gasteiger partial charge in [0.25, 0.3) is 5.91 Å². The molecule has 5 amide bonds. The number of carbonyl (C=O) groups is 4. The highest BCUT2D eigenvalue weighted by molar-refractivity contribution is 6.05. The maximum absolute atomic E-state index is 12.8. The van der Waals surface area contributed by atoms with E-state index >= 15 is 0 Å². The third-order valence-electron chi connectivity index (χ3n) is 4.61. The number of imide groups is 1. The third-order valence-corrected chi connectivity index (χ3v) is 4.61. The number of nitrogens with zero attached hydrogens (tertiary/aromatic N) is 4. The van der Waals surface area contributed by atoms with Gasteiger partial charge in [-0.15, -0.1) is 0 Å². The summed E-state index contributed by atoms with van der Waals surface area (Å²) >= 11 is 0. The fourth-order valence-corrected chi connectivity index (χ4v) is 3.34. The van der Waals surface area contributed by atoms with Crippen molar-refractivity contribution in [2.45, 2.75) is 38.6 Å². The molecular weight excluding hydrogens is 360 g/mol. The molecule has 0 saturated carbocycles. The number of rotatable bonds is 1. The van der Waals surface area contributed by atoms with Crippen LogP contribution in [0.4, 0.5) is 14.4 Å². The molecule has 0 aromatic carbocycles. The Bertz CT molecular complexity index is 662. The van der Waals surface area contributed by atoms with E-state index in [9.17, 15) is 19.2 Å². The van der Waals surface area contributed by atoms with Crippen molar-refractivity contribution in [1.29, 1.82) is 0 Å². The van der Waals surface area contributed by atoms with Crippen LogP contribution in [0.15, 0.2) is 0 Å². The van der Waals surface area contributed by atoms with E-state index in [1.807, 2.05) is 0 Å². The first kappa shape index (κ1) is 19.2. The van der Waals surface area contributed by atoms with Crippen LogP contribution in [0.1, 0.15) is 20.8 Å². The number of carboxylic acid groups (broad SMARTS) is 1. The Hall–Kier alpha value is -2.56. The average Bonchev–Trinajstić information content (AvgIpc) is 2.84. The lowest BCUT2D eigenvalue weighted by Crippen LogP contribution is -2.55. The standard InChI is InChI=1S/C16H24N4O7/c1-16(2,3)27-15(25)18-4-5-19-10(8-18)12(21)20(13(19)22)11-9-17(14(23)24)6-7-26-11/h10-11H,4-9H2,1-3H3,(H,23,24). The molecule has 0 radical (unpaired) electrons. The fourth-order valence-electron chi connectivity index (χ4n) is 3.34. The van der Waals surface area contributed by atoms with Crippen molar-refractivity contribution in [2.75, 3.05) is 39.3 Å². The van der Waals surface area contributed by atoms with E-state index in [4.69, 9.17) is 14.6 Å². The second-order valence-electron chi connectivity index (χ2n) is 7.68. The Labute approximate surface area is 156 Å². The highest BCUT2D eigenvalue weighted by Crippen LogP contribution is 2.26. The lowest BCUT2D eigenvalue weighted by molar-refractivity contribution is -0.144. The Morgan fingerprint density at radius 1 is 1.11 bits per heavy atom. The first-order valence-electron chi connectivity index (χ1n) is 8.79. The highest BCUT2D eigenvalue weighted by Gasteiger charge is 2.52. The molecule has 0 aliphatic carbocycles. The maximum Gasteiger partial charge on any atom is 0.410 e. The van der Waals surface area contributed by atoms with Crippen molar-refractivity contribution in [3.8, 4) is 0 Å². The Kier molecular flexibility index (Phi) is 4.89. The van der Waals surface area contributed by atoms with Crippen LogP contribution in [-0.2, 0) is 14.3 Å². The Balaban J connectivity index is 1.70. The van der Waals surface area contributed by atoms with Crippen molar-refractivity contribution in [3.05, 3.63) is 0 Å². The summed E-state index contributed by atoms with van der Waals surface area (Å²) < 4.78 is 10.8. The van der Waals surface area contributed by atoms with E-state index in [1.165, 1.54) is 9.80 Å². The Morgan fingerprint density at radius 3 is 2.44 bits per heavy atom. The average molecular weight is 384 g/mol. The SMILES string of the molecule is CC(C)(C)OC(=O)N1CCN2C(=O)N(C3CN(C(=O)O)CCO3)C(=O)C2C1. The van der Waals surface area contributed by atoms with Crippen LogP contribution >= 0.6 is 0 Å². The lowest BCUT2D eigenvalue weighted by atomic mass is 10.2. The number of urea groups is 1. The van der Waals surface area contributed by atoms with Crippen LogP contribution in [-0.4, -0.2) is 106 Å². The van der Waals surface area contributed by atoms with E-state index in [2.05, 4.69) is 0 Å². The molecule has 3 fully saturated rings. The molecule has 150 valence electrons. The molecule has 0 bridgehead atoms. The summed E-state index contributed by atoms with van der Waals surface area (Å²) in [6.45, 7) is 5.93. The minimum Gasteiger partial charge on any atom is -0.465 e. The van der Waals surface area contributed by atoms with E-state index in [0.717, 1.165) is 9.80 Å². The molecule has 0 spiro atoms. The summed E-state index contributed by atoms with van der Waals surface area (Å²) in [5, 5.41) is 9.14. The van der Waals surface area contributed by atoms with Crippen LogP contribution < -0.4 is 0 Å². The number of amides is 5. The molecule has 3 heterocycles. The van der Waals surface area contributed by atoms with Gasteiger partial charge in [0.05, 0.1) is 19.7 Å². The molecule has 3 aliphatic rings. The molecule has 3 rings (SSSR count). The molecule has 27 heavy (non-hydrogen) atoms. The van der Waals surface area contributed by atoms with E-state index in [-0.39, 0.29) is 39.3 Å². The summed E-state index contributed by atoms with van der Waals surface area (Å²) in [4.78, 5) is 53.8. The molecule has 3 saturated heterocycles. The zero-order chi connectivity index (χ0) is 19.9. The summed E-state index contributed by atoms with van der Waals surface area (Å²) in [6, 6.07) is -1.34. The molecule has 11 nitrogen and oxygen atoms in total. The number of hydrogen-bond donors (Lipinski definition) is 1. The Morgan fingerprint density at radius 2 is 1.81 bits per heavy atom. The van der Waals surface area contributed by atoms with Crippen molar-refractivity contribution >= 4 is 24.1 Å². The number of piperazine rings is 1. The zero-order valence-corrected chi connectivity index (χ0v) is 15.6. The maximum atomic E-state index is 12.8. The summed E-state index contributed by atoms with van der Waals surface area (Å²) in [6.07, 6.45) is -2.63. The van der Waals surface area contributed by atoms with Gasteiger partial charge < -0.3 is 29.3 Å². The second kappa shape index (κ2) is 6.87. The summed E-state index contributed by atoms with van der Waals surface area (Å²) in [7, 11) is 0. The van der Waals surface area contributed by atoms with Gasteiger partial charge in [-0.1, -0.05) is 0 Å². The lowest BCUT2D eigenvalue weighted by Gasteiger charge is -2.36. The fraction of sp³-hybridized carbons (Fsp3) is 0.750. The van der Waals surface area contributed by atoms with Gasteiger partial charge >= 0.3 is 18.2 Å². The minimum absolute atomic E-state index is 0.0331. The van der Waals surface area contributed by atoms with Crippen molar-refractivity contribution < 1.29 is 33.8 Å². The number of morpholine rings is 1. The largest absolute Gasteiger partial charge is 0.465 e. The number of hydrogen-bond acceptors (Lipinski definition) is 6. The van der Waals surface area contributed by atoms with E-state index < -0.39 is 42.0 Å². The van der Waals surface area contributed by atoms with Crippen LogP contribution in [0, 0.1) is 0 Å². The van der Waals surface area contributed by atoms with Gasteiger partial charge in [0.2, 0.25) is 0 Å². The van der Waals surface area contributed by atoms with Gasteiger partial charge in [-0.05, 0) is 20.8 Å². The smallest absolute Gasteiger partial charge is 0.410 e. The topological polar surface area (TPSA) is 120 Å². The van der Waals surface area contributed by atoms with Crippen molar-refractivity contribution in [2.24, 2.45) is 0 Å². The van der Waals surface area contributed by atoms with Crippen LogP contribution in [0.2, 0.25) is 0 Å².